The first kappa shape index (κ1) is 34.5. The molecule has 2 aliphatic heterocycles. The molecule has 2 N–H and O–H groups in total. The third-order valence-electron chi connectivity index (χ3n) is 12.7. The molecule has 292 valence electrons. The summed E-state index contributed by atoms with van der Waals surface area (Å²) < 4.78 is 0. The van der Waals surface area contributed by atoms with Crippen LogP contribution in [0.1, 0.15) is 0 Å². The van der Waals surface area contributed by atoms with E-state index in [0.29, 0.717) is 39.4 Å². The minimum Gasteiger partial charge on any atom is -0.339 e. The minimum atomic E-state index is 0.572. The van der Waals surface area contributed by atoms with Gasteiger partial charge in [-0.25, -0.2) is 24.9 Å². The molecule has 2 aliphatic rings. The van der Waals surface area contributed by atoms with Crippen molar-refractivity contribution < 1.29 is 0 Å². The van der Waals surface area contributed by atoms with E-state index in [0.717, 1.165) is 109 Å². The molecule has 12 aromatic rings. The highest BCUT2D eigenvalue weighted by molar-refractivity contribution is 6.31. The van der Waals surface area contributed by atoms with E-state index in [1.54, 1.807) is 0 Å². The van der Waals surface area contributed by atoms with Crippen molar-refractivity contribution in [1.82, 2.24) is 34.9 Å². The fourth-order valence-corrected chi connectivity index (χ4v) is 9.91. The third kappa shape index (κ3) is 5.24. The van der Waals surface area contributed by atoms with Gasteiger partial charge in [0, 0.05) is 54.4 Å². The number of aromatic nitrogens is 7. The fraction of sp³-hybridized carbons (Fsp3) is 0. The SMILES string of the molecule is Clc1cccc(-c2c3nc(nc4[nH]c(nc5nc(nc6[nH]c2c2cc7ccccc7cc62)-c2cc6ccccc6cc2-5)c2cc5ccccc5cc42)-c2cc4ccccc4cc2-3)c1. The second kappa shape index (κ2) is 12.9. The largest absolute Gasteiger partial charge is 0.339 e. The van der Waals surface area contributed by atoms with E-state index in [2.05, 4.69) is 162 Å². The van der Waals surface area contributed by atoms with Crippen molar-refractivity contribution in [3.63, 3.8) is 0 Å². The van der Waals surface area contributed by atoms with Gasteiger partial charge in [-0.05, 0) is 109 Å². The Morgan fingerprint density at radius 2 is 0.730 bits per heavy atom. The summed E-state index contributed by atoms with van der Waals surface area (Å²) in [7, 11) is 0. The number of nitrogens with zero attached hydrogens (tertiary/aromatic N) is 5. The highest BCUT2D eigenvalue weighted by Gasteiger charge is 2.26. The zero-order chi connectivity index (χ0) is 41.3. The molecule has 63 heavy (non-hydrogen) atoms. The Labute approximate surface area is 363 Å². The van der Waals surface area contributed by atoms with Gasteiger partial charge in [0.25, 0.3) is 0 Å². The molecule has 0 saturated carbocycles. The highest BCUT2D eigenvalue weighted by Crippen LogP contribution is 2.46. The van der Waals surface area contributed by atoms with Crippen molar-refractivity contribution in [1.29, 1.82) is 0 Å². The smallest absolute Gasteiger partial charge is 0.164 e. The van der Waals surface area contributed by atoms with Crippen molar-refractivity contribution in [3.8, 4) is 56.5 Å². The molecular formula is C55H30ClN7. The van der Waals surface area contributed by atoms with Crippen LogP contribution >= 0.6 is 11.6 Å². The van der Waals surface area contributed by atoms with E-state index in [1.807, 2.05) is 18.2 Å². The Kier molecular flexibility index (Phi) is 7.04. The predicted octanol–water partition coefficient (Wildman–Crippen LogP) is 14.4. The van der Waals surface area contributed by atoms with Crippen molar-refractivity contribution >= 4 is 98.7 Å². The zero-order valence-electron chi connectivity index (χ0n) is 33.3. The van der Waals surface area contributed by atoms with Crippen LogP contribution in [-0.2, 0) is 0 Å². The minimum absolute atomic E-state index is 0.572. The van der Waals surface area contributed by atoms with Crippen LogP contribution in [0.5, 0.6) is 0 Å². The quantitative estimate of drug-likeness (QED) is 0.172. The Hall–Kier alpha value is -8.26. The van der Waals surface area contributed by atoms with E-state index < -0.39 is 0 Å². The Balaban J connectivity index is 1.24. The number of hydrogen-bond acceptors (Lipinski definition) is 5. The number of rotatable bonds is 1. The summed E-state index contributed by atoms with van der Waals surface area (Å²) in [5, 5.41) is 13.3. The van der Waals surface area contributed by atoms with E-state index in [9.17, 15) is 0 Å². The van der Waals surface area contributed by atoms with Crippen molar-refractivity contribution in [2.75, 3.05) is 0 Å². The second-order valence-electron chi connectivity index (χ2n) is 16.4. The van der Waals surface area contributed by atoms with Gasteiger partial charge in [-0.2, -0.15) is 0 Å². The molecular weight excluding hydrogens is 794 g/mol. The van der Waals surface area contributed by atoms with Gasteiger partial charge in [0.2, 0.25) is 0 Å². The van der Waals surface area contributed by atoms with Crippen LogP contribution in [0.3, 0.4) is 0 Å². The normalized spacial score (nSPS) is 12.2. The van der Waals surface area contributed by atoms with Crippen LogP contribution in [0.4, 0.5) is 0 Å². The summed E-state index contributed by atoms with van der Waals surface area (Å²) in [5.74, 6) is 1.74. The van der Waals surface area contributed by atoms with Crippen LogP contribution in [-0.4, -0.2) is 34.9 Å². The number of hydrogen-bond donors (Lipinski definition) is 2. The van der Waals surface area contributed by atoms with Gasteiger partial charge in [-0.3, -0.25) is 0 Å². The molecule has 0 fully saturated rings. The summed E-state index contributed by atoms with van der Waals surface area (Å²) in [6.07, 6.45) is 0. The molecule has 9 aromatic carbocycles. The molecule has 5 heterocycles. The van der Waals surface area contributed by atoms with E-state index in [4.69, 9.17) is 36.5 Å². The van der Waals surface area contributed by atoms with Crippen LogP contribution < -0.4 is 0 Å². The Morgan fingerprint density at radius 3 is 1.22 bits per heavy atom. The summed E-state index contributed by atoms with van der Waals surface area (Å²) in [5.41, 5.74) is 9.17. The summed E-state index contributed by atoms with van der Waals surface area (Å²) >= 11 is 6.87. The molecule has 0 saturated heterocycles. The summed E-state index contributed by atoms with van der Waals surface area (Å²) in [4.78, 5) is 34.7. The Morgan fingerprint density at radius 1 is 0.333 bits per heavy atom. The zero-order valence-corrected chi connectivity index (χ0v) is 34.0. The van der Waals surface area contributed by atoms with Gasteiger partial charge < -0.3 is 9.97 Å². The lowest BCUT2D eigenvalue weighted by atomic mass is 9.94. The van der Waals surface area contributed by atoms with Gasteiger partial charge in [0.05, 0.1) is 11.2 Å². The van der Waals surface area contributed by atoms with Gasteiger partial charge in [-0.15, -0.1) is 0 Å². The number of aromatic amines is 2. The van der Waals surface area contributed by atoms with E-state index in [-0.39, 0.29) is 0 Å². The lowest BCUT2D eigenvalue weighted by molar-refractivity contribution is 1.21. The van der Waals surface area contributed by atoms with Gasteiger partial charge >= 0.3 is 0 Å². The number of nitrogens with one attached hydrogen (secondary N) is 2. The molecule has 14 rings (SSSR count). The number of H-pyrrole nitrogens is 2. The molecule has 0 unspecified atom stereocenters. The standard InChI is InChI=1S/C55H30ClN7/c56-38-19-9-18-37(20-38)47-48-39-21-29-10-1-3-12-31(29)23-41(39)50(57-48)59-52-43-25-33-14-5-7-16-35(33)27-45(43)54(61-52)63-55-46-28-36-17-8-6-15-34(36)26-44(46)53(62-55)60-51-42-24-32-13-4-2-11-30(32)22-40(42)49(47)58-51/h1-28H,(H2,57,58,59,60,61,62,63). The molecule has 0 spiro atoms. The summed E-state index contributed by atoms with van der Waals surface area (Å²) in [6, 6.07) is 59.3. The molecule has 7 nitrogen and oxygen atoms in total. The van der Waals surface area contributed by atoms with Crippen molar-refractivity contribution in [3.05, 3.63) is 175 Å². The van der Waals surface area contributed by atoms with E-state index >= 15 is 0 Å². The lowest BCUT2D eigenvalue weighted by Gasteiger charge is -2.09. The molecule has 8 bridgehead atoms. The van der Waals surface area contributed by atoms with E-state index in [1.165, 1.54) is 0 Å². The first-order valence-corrected chi connectivity index (χ1v) is 21.3. The number of fused-ring (bicyclic) bond motifs is 24. The van der Waals surface area contributed by atoms with Crippen LogP contribution in [0.25, 0.3) is 144 Å². The van der Waals surface area contributed by atoms with Crippen LogP contribution in [0, 0.1) is 0 Å². The molecule has 0 atom stereocenters. The maximum atomic E-state index is 6.87. The van der Waals surface area contributed by atoms with Gasteiger partial charge in [-0.1, -0.05) is 121 Å². The maximum Gasteiger partial charge on any atom is 0.164 e. The van der Waals surface area contributed by atoms with Gasteiger partial charge in [0.1, 0.15) is 16.9 Å². The second-order valence-corrected chi connectivity index (χ2v) is 16.9. The van der Waals surface area contributed by atoms with Gasteiger partial charge in [0.15, 0.2) is 17.5 Å². The van der Waals surface area contributed by atoms with Crippen LogP contribution in [0.15, 0.2) is 170 Å². The topological polar surface area (TPSA) is 96.0 Å². The molecule has 0 aliphatic carbocycles. The van der Waals surface area contributed by atoms with Crippen LogP contribution in [0.2, 0.25) is 5.02 Å². The maximum absolute atomic E-state index is 6.87. The number of halogens is 1. The average molecular weight is 824 g/mol. The average Bonchev–Trinajstić information content (AvgIpc) is 4.04. The monoisotopic (exact) mass is 823 g/mol. The lowest BCUT2D eigenvalue weighted by Crippen LogP contribution is -1.87. The first-order chi connectivity index (χ1) is 31.1. The van der Waals surface area contributed by atoms with Crippen molar-refractivity contribution in [2.45, 2.75) is 0 Å². The molecule has 8 heteroatoms. The Bertz CT molecular complexity index is 4190. The van der Waals surface area contributed by atoms with Crippen molar-refractivity contribution in [2.24, 2.45) is 0 Å². The highest BCUT2D eigenvalue weighted by atomic mass is 35.5. The molecule has 0 radical (unpaired) electrons. The molecule has 3 aromatic heterocycles. The molecule has 0 amide bonds. The fourth-order valence-electron chi connectivity index (χ4n) is 9.72. The number of benzene rings is 9. The predicted molar refractivity (Wildman–Crippen MR) is 259 cm³/mol. The first-order valence-electron chi connectivity index (χ1n) is 20.9. The third-order valence-corrected chi connectivity index (χ3v) is 13.0. The summed E-state index contributed by atoms with van der Waals surface area (Å²) in [6.45, 7) is 0.